The van der Waals surface area contributed by atoms with Gasteiger partial charge in [0.15, 0.2) is 0 Å². The molecular formula is C12H22N2O. The molecule has 0 radical (unpaired) electrons. The van der Waals surface area contributed by atoms with Crippen molar-refractivity contribution in [3.8, 4) is 0 Å². The van der Waals surface area contributed by atoms with Crippen LogP contribution in [0.1, 0.15) is 25.7 Å². The average Bonchev–Trinajstić information content (AvgIpc) is 3.11. The van der Waals surface area contributed by atoms with Gasteiger partial charge in [-0.05, 0) is 37.5 Å². The summed E-state index contributed by atoms with van der Waals surface area (Å²) in [5.41, 5.74) is 5.98. The summed E-state index contributed by atoms with van der Waals surface area (Å²) in [6.45, 7) is 2.68. The molecule has 0 aromatic carbocycles. The van der Waals surface area contributed by atoms with Crippen LogP contribution in [0.2, 0.25) is 0 Å². The van der Waals surface area contributed by atoms with Gasteiger partial charge in [0.05, 0.1) is 13.2 Å². The third-order valence-electron chi connectivity index (χ3n) is 4.12. The lowest BCUT2D eigenvalue weighted by molar-refractivity contribution is 0.182. The highest BCUT2D eigenvalue weighted by atomic mass is 16.5. The minimum absolute atomic E-state index is 0.261. The molecule has 0 bridgehead atoms. The SMILES string of the molecule is NC1COCC1CNC(C1CC1)C1CC1. The van der Waals surface area contributed by atoms with Gasteiger partial charge in [0.2, 0.25) is 0 Å². The Morgan fingerprint density at radius 1 is 1.13 bits per heavy atom. The van der Waals surface area contributed by atoms with Crippen molar-refractivity contribution in [1.29, 1.82) is 0 Å². The van der Waals surface area contributed by atoms with E-state index < -0.39 is 0 Å². The molecule has 0 aromatic rings. The van der Waals surface area contributed by atoms with Crippen LogP contribution in [-0.2, 0) is 4.74 Å². The van der Waals surface area contributed by atoms with Crippen molar-refractivity contribution in [1.82, 2.24) is 5.32 Å². The van der Waals surface area contributed by atoms with Crippen molar-refractivity contribution >= 4 is 0 Å². The van der Waals surface area contributed by atoms with Crippen LogP contribution in [-0.4, -0.2) is 31.8 Å². The molecule has 1 heterocycles. The summed E-state index contributed by atoms with van der Waals surface area (Å²) in [4.78, 5) is 0. The van der Waals surface area contributed by atoms with E-state index in [4.69, 9.17) is 10.5 Å². The molecule has 3 heteroatoms. The topological polar surface area (TPSA) is 47.3 Å². The maximum absolute atomic E-state index is 5.98. The van der Waals surface area contributed by atoms with Gasteiger partial charge in [-0.15, -0.1) is 0 Å². The van der Waals surface area contributed by atoms with E-state index in [9.17, 15) is 0 Å². The van der Waals surface area contributed by atoms with Crippen LogP contribution in [0.4, 0.5) is 0 Å². The second-order valence-electron chi connectivity index (χ2n) is 5.57. The smallest absolute Gasteiger partial charge is 0.0621 e. The van der Waals surface area contributed by atoms with Crippen molar-refractivity contribution in [2.75, 3.05) is 19.8 Å². The first-order valence-electron chi connectivity index (χ1n) is 6.41. The first-order chi connectivity index (χ1) is 7.34. The maximum atomic E-state index is 5.98. The lowest BCUT2D eigenvalue weighted by atomic mass is 10.0. The molecule has 0 spiro atoms. The Morgan fingerprint density at radius 2 is 1.80 bits per heavy atom. The van der Waals surface area contributed by atoms with Gasteiger partial charge in [-0.3, -0.25) is 0 Å². The third kappa shape index (κ3) is 2.35. The van der Waals surface area contributed by atoms with Crippen LogP contribution in [0.25, 0.3) is 0 Å². The Morgan fingerprint density at radius 3 is 2.27 bits per heavy atom. The Kier molecular flexibility index (Phi) is 2.71. The van der Waals surface area contributed by atoms with E-state index in [-0.39, 0.29) is 6.04 Å². The Balaban J connectivity index is 1.46. The fraction of sp³-hybridized carbons (Fsp3) is 1.00. The molecule has 15 heavy (non-hydrogen) atoms. The number of rotatable bonds is 5. The van der Waals surface area contributed by atoms with E-state index >= 15 is 0 Å². The van der Waals surface area contributed by atoms with Gasteiger partial charge in [-0.25, -0.2) is 0 Å². The van der Waals surface area contributed by atoms with Gasteiger partial charge in [0.1, 0.15) is 0 Å². The van der Waals surface area contributed by atoms with Crippen LogP contribution in [0.5, 0.6) is 0 Å². The normalized spacial score (nSPS) is 36.4. The van der Waals surface area contributed by atoms with Gasteiger partial charge in [0, 0.05) is 24.5 Å². The van der Waals surface area contributed by atoms with E-state index in [1.54, 1.807) is 0 Å². The summed E-state index contributed by atoms with van der Waals surface area (Å²) in [5.74, 6) is 2.51. The molecular weight excluding hydrogens is 188 g/mol. The van der Waals surface area contributed by atoms with Crippen molar-refractivity contribution in [2.45, 2.75) is 37.8 Å². The zero-order chi connectivity index (χ0) is 10.3. The summed E-state index contributed by atoms with van der Waals surface area (Å²) in [6, 6.07) is 1.06. The lowest BCUT2D eigenvalue weighted by Gasteiger charge is -2.21. The third-order valence-corrected chi connectivity index (χ3v) is 4.12. The Labute approximate surface area is 91.7 Å². The van der Waals surface area contributed by atoms with Crippen LogP contribution in [0.15, 0.2) is 0 Å². The van der Waals surface area contributed by atoms with Crippen LogP contribution < -0.4 is 11.1 Å². The van der Waals surface area contributed by atoms with Crippen LogP contribution in [0, 0.1) is 17.8 Å². The van der Waals surface area contributed by atoms with Gasteiger partial charge in [-0.2, -0.15) is 0 Å². The molecule has 2 unspecified atom stereocenters. The molecule has 2 atom stereocenters. The molecule has 2 saturated carbocycles. The highest BCUT2D eigenvalue weighted by molar-refractivity contribution is 4.97. The molecule has 2 aliphatic carbocycles. The Hall–Kier alpha value is -0.120. The predicted molar refractivity (Wildman–Crippen MR) is 59.5 cm³/mol. The zero-order valence-electron chi connectivity index (χ0n) is 9.32. The molecule has 0 amide bonds. The molecule has 3 rings (SSSR count). The van der Waals surface area contributed by atoms with E-state index in [1.165, 1.54) is 25.7 Å². The number of nitrogens with two attached hydrogens (primary N) is 1. The zero-order valence-corrected chi connectivity index (χ0v) is 9.32. The number of nitrogens with one attached hydrogen (secondary N) is 1. The fourth-order valence-electron chi connectivity index (χ4n) is 2.74. The number of hydrogen-bond donors (Lipinski definition) is 2. The van der Waals surface area contributed by atoms with E-state index in [2.05, 4.69) is 5.32 Å². The van der Waals surface area contributed by atoms with Gasteiger partial charge < -0.3 is 15.8 Å². The van der Waals surface area contributed by atoms with Crippen LogP contribution >= 0.6 is 0 Å². The number of hydrogen-bond acceptors (Lipinski definition) is 3. The second kappa shape index (κ2) is 4.04. The first kappa shape index (κ1) is 10.1. The fourth-order valence-corrected chi connectivity index (χ4v) is 2.74. The first-order valence-corrected chi connectivity index (χ1v) is 6.41. The van der Waals surface area contributed by atoms with Gasteiger partial charge in [0.25, 0.3) is 0 Å². The van der Waals surface area contributed by atoms with Crippen LogP contribution in [0.3, 0.4) is 0 Å². The van der Waals surface area contributed by atoms with Crippen molar-refractivity contribution in [3.63, 3.8) is 0 Å². The molecule has 3 aliphatic rings. The lowest BCUT2D eigenvalue weighted by Crippen LogP contribution is -2.41. The van der Waals surface area contributed by atoms with E-state index in [0.717, 1.165) is 37.6 Å². The van der Waals surface area contributed by atoms with E-state index in [1.807, 2.05) is 0 Å². The largest absolute Gasteiger partial charge is 0.379 e. The van der Waals surface area contributed by atoms with Gasteiger partial charge in [-0.1, -0.05) is 0 Å². The molecule has 3 nitrogen and oxygen atoms in total. The predicted octanol–water partition coefficient (Wildman–Crippen LogP) is 0.738. The highest BCUT2D eigenvalue weighted by Gasteiger charge is 2.41. The molecule has 3 N–H and O–H groups in total. The average molecular weight is 210 g/mol. The number of ether oxygens (including phenoxy) is 1. The molecule has 1 saturated heterocycles. The summed E-state index contributed by atoms with van der Waals surface area (Å²) in [5, 5.41) is 3.76. The maximum Gasteiger partial charge on any atom is 0.0621 e. The summed E-state index contributed by atoms with van der Waals surface area (Å²) in [6.07, 6.45) is 5.78. The molecule has 86 valence electrons. The Bertz CT molecular complexity index is 214. The molecule has 3 fully saturated rings. The highest BCUT2D eigenvalue weighted by Crippen LogP contribution is 2.44. The monoisotopic (exact) mass is 210 g/mol. The summed E-state index contributed by atoms with van der Waals surface area (Å²) >= 11 is 0. The minimum atomic E-state index is 0.261. The van der Waals surface area contributed by atoms with E-state index in [0.29, 0.717) is 5.92 Å². The second-order valence-corrected chi connectivity index (χ2v) is 5.57. The molecule has 0 aromatic heterocycles. The summed E-state index contributed by atoms with van der Waals surface area (Å²) < 4.78 is 5.39. The van der Waals surface area contributed by atoms with Crippen molar-refractivity contribution < 1.29 is 4.74 Å². The van der Waals surface area contributed by atoms with Gasteiger partial charge >= 0.3 is 0 Å². The van der Waals surface area contributed by atoms with Crippen molar-refractivity contribution in [2.24, 2.45) is 23.5 Å². The van der Waals surface area contributed by atoms with Crippen molar-refractivity contribution in [3.05, 3.63) is 0 Å². The summed E-state index contributed by atoms with van der Waals surface area (Å²) in [7, 11) is 0. The standard InChI is InChI=1S/C12H22N2O/c13-11-7-15-6-10(11)5-14-12(8-1-2-8)9-3-4-9/h8-12,14H,1-7,13H2. The quantitative estimate of drug-likeness (QED) is 0.703. The molecule has 1 aliphatic heterocycles. The minimum Gasteiger partial charge on any atom is -0.379 e.